The second-order valence-corrected chi connectivity index (χ2v) is 7.35. The van der Waals surface area contributed by atoms with Gasteiger partial charge in [-0.25, -0.2) is 0 Å². The van der Waals surface area contributed by atoms with Crippen molar-refractivity contribution >= 4 is 35.9 Å². The number of aromatic amines is 1. The Morgan fingerprint density at radius 2 is 1.83 bits per heavy atom. The Balaban J connectivity index is 1.60. The van der Waals surface area contributed by atoms with Crippen molar-refractivity contribution in [2.75, 3.05) is 10.6 Å². The Morgan fingerprint density at radius 3 is 2.60 bits per heavy atom. The summed E-state index contributed by atoms with van der Waals surface area (Å²) in [5.41, 5.74) is 1.35. The first-order chi connectivity index (χ1) is 16.9. The molecule has 0 amide bonds. The standard InChI is InChI=1S/C24H21F3N8/c1-2-5-19-13-21(35-34-19)32-23-31-20(10-9-16-6-3-8-18(12-16)24(25,26)27)30-22(33-23)29-15-17-7-4-11-28-14-17/h2-14H,15H2,1H3,(H3,29,30,31,32,33,34,35)/b5-2+,10-9+. The van der Waals surface area contributed by atoms with Gasteiger partial charge in [-0.2, -0.15) is 33.2 Å². The van der Waals surface area contributed by atoms with E-state index in [2.05, 4.69) is 40.8 Å². The van der Waals surface area contributed by atoms with Gasteiger partial charge in [0.25, 0.3) is 0 Å². The molecule has 3 N–H and O–H groups in total. The first-order valence-electron chi connectivity index (χ1n) is 10.6. The van der Waals surface area contributed by atoms with Gasteiger partial charge in [0.2, 0.25) is 11.9 Å². The lowest BCUT2D eigenvalue weighted by Gasteiger charge is -2.08. The van der Waals surface area contributed by atoms with Crippen LogP contribution in [0.4, 0.5) is 30.9 Å². The summed E-state index contributed by atoms with van der Waals surface area (Å²) in [5, 5.41) is 13.2. The Bertz CT molecular complexity index is 1330. The van der Waals surface area contributed by atoms with Gasteiger partial charge in [-0.1, -0.05) is 30.4 Å². The lowest BCUT2D eigenvalue weighted by Crippen LogP contribution is -2.08. The van der Waals surface area contributed by atoms with Gasteiger partial charge in [0.05, 0.1) is 11.3 Å². The summed E-state index contributed by atoms with van der Waals surface area (Å²) in [5.74, 6) is 1.24. The molecule has 0 aliphatic carbocycles. The summed E-state index contributed by atoms with van der Waals surface area (Å²) in [6.45, 7) is 2.31. The summed E-state index contributed by atoms with van der Waals surface area (Å²) in [6.07, 6.45) is 5.73. The largest absolute Gasteiger partial charge is 0.416 e. The second-order valence-electron chi connectivity index (χ2n) is 7.35. The molecule has 3 aromatic heterocycles. The van der Waals surface area contributed by atoms with E-state index in [1.165, 1.54) is 18.2 Å². The van der Waals surface area contributed by atoms with E-state index in [1.54, 1.807) is 24.5 Å². The topological polar surface area (TPSA) is 104 Å². The van der Waals surface area contributed by atoms with Crippen LogP contribution in [0.2, 0.25) is 0 Å². The first-order valence-corrected chi connectivity index (χ1v) is 10.6. The lowest BCUT2D eigenvalue weighted by atomic mass is 10.1. The van der Waals surface area contributed by atoms with Crippen molar-refractivity contribution in [2.45, 2.75) is 19.6 Å². The molecular formula is C24H21F3N8. The molecule has 11 heteroatoms. The number of halogens is 3. The maximum absolute atomic E-state index is 13.0. The quantitative estimate of drug-likeness (QED) is 0.304. The Labute approximate surface area is 199 Å². The van der Waals surface area contributed by atoms with Gasteiger partial charge in [-0.15, -0.1) is 0 Å². The van der Waals surface area contributed by atoms with E-state index >= 15 is 0 Å². The van der Waals surface area contributed by atoms with Crippen molar-refractivity contribution < 1.29 is 13.2 Å². The summed E-state index contributed by atoms with van der Waals surface area (Å²) in [4.78, 5) is 17.2. The second kappa shape index (κ2) is 10.6. The fourth-order valence-electron chi connectivity index (χ4n) is 3.06. The van der Waals surface area contributed by atoms with Gasteiger partial charge >= 0.3 is 6.18 Å². The minimum atomic E-state index is -4.42. The number of H-pyrrole nitrogens is 1. The fraction of sp³-hybridized carbons (Fsp3) is 0.125. The number of nitrogens with zero attached hydrogens (tertiary/aromatic N) is 5. The third-order valence-corrected chi connectivity index (χ3v) is 4.65. The molecule has 0 fully saturated rings. The molecule has 0 aliphatic heterocycles. The highest BCUT2D eigenvalue weighted by Crippen LogP contribution is 2.29. The normalized spacial score (nSPS) is 11.9. The van der Waals surface area contributed by atoms with Crippen LogP contribution in [-0.4, -0.2) is 30.1 Å². The van der Waals surface area contributed by atoms with Crippen molar-refractivity contribution in [1.29, 1.82) is 0 Å². The molecular weight excluding hydrogens is 457 g/mol. The molecule has 1 aromatic carbocycles. The van der Waals surface area contributed by atoms with E-state index in [9.17, 15) is 13.2 Å². The fourth-order valence-corrected chi connectivity index (χ4v) is 3.06. The number of pyridine rings is 1. The van der Waals surface area contributed by atoms with Gasteiger partial charge in [-0.05, 0) is 48.4 Å². The lowest BCUT2D eigenvalue weighted by molar-refractivity contribution is -0.137. The van der Waals surface area contributed by atoms with Crippen LogP contribution in [-0.2, 0) is 12.7 Å². The number of hydrogen-bond acceptors (Lipinski definition) is 7. The number of anilines is 3. The third kappa shape index (κ3) is 6.73. The van der Waals surface area contributed by atoms with Crippen molar-refractivity contribution in [2.24, 2.45) is 0 Å². The van der Waals surface area contributed by atoms with Gasteiger partial charge in [0, 0.05) is 25.0 Å². The molecule has 35 heavy (non-hydrogen) atoms. The van der Waals surface area contributed by atoms with E-state index in [-0.39, 0.29) is 17.7 Å². The van der Waals surface area contributed by atoms with Crippen LogP contribution in [0.5, 0.6) is 0 Å². The highest BCUT2D eigenvalue weighted by Gasteiger charge is 2.30. The first kappa shape index (κ1) is 23.6. The monoisotopic (exact) mass is 478 g/mol. The van der Waals surface area contributed by atoms with E-state index in [1.807, 2.05) is 31.2 Å². The van der Waals surface area contributed by atoms with Gasteiger partial charge in [-0.3, -0.25) is 10.1 Å². The molecule has 0 spiro atoms. The summed E-state index contributed by atoms with van der Waals surface area (Å²) >= 11 is 0. The number of nitrogens with one attached hydrogen (secondary N) is 3. The van der Waals surface area contributed by atoms with Crippen LogP contribution in [0.1, 0.15) is 35.1 Å². The van der Waals surface area contributed by atoms with Gasteiger partial charge < -0.3 is 10.6 Å². The van der Waals surface area contributed by atoms with E-state index in [0.29, 0.717) is 17.9 Å². The Morgan fingerprint density at radius 1 is 0.971 bits per heavy atom. The van der Waals surface area contributed by atoms with Crippen molar-refractivity contribution in [3.63, 3.8) is 0 Å². The summed E-state index contributed by atoms with van der Waals surface area (Å²) in [7, 11) is 0. The number of alkyl halides is 3. The Hall–Kier alpha value is -4.54. The van der Waals surface area contributed by atoms with Crippen LogP contribution in [0.3, 0.4) is 0 Å². The average molecular weight is 478 g/mol. The van der Waals surface area contributed by atoms with Crippen molar-refractivity contribution in [3.8, 4) is 0 Å². The van der Waals surface area contributed by atoms with Crippen molar-refractivity contribution in [1.82, 2.24) is 30.1 Å². The number of hydrogen-bond donors (Lipinski definition) is 3. The number of rotatable bonds is 8. The SMILES string of the molecule is C/C=C/c1cc(Nc2nc(/C=C/c3cccc(C(F)(F)F)c3)nc(NCc3cccnc3)n2)n[nH]1. The van der Waals surface area contributed by atoms with Crippen LogP contribution >= 0.6 is 0 Å². The summed E-state index contributed by atoms with van der Waals surface area (Å²) in [6, 6.07) is 10.5. The number of aromatic nitrogens is 6. The minimum Gasteiger partial charge on any atom is -0.350 e. The molecule has 0 unspecified atom stereocenters. The maximum atomic E-state index is 13.0. The average Bonchev–Trinajstić information content (AvgIpc) is 3.28. The highest BCUT2D eigenvalue weighted by atomic mass is 19.4. The molecule has 0 saturated carbocycles. The van der Waals surface area contributed by atoms with Gasteiger partial charge in [0.15, 0.2) is 11.6 Å². The molecule has 8 nitrogen and oxygen atoms in total. The Kier molecular flexibility index (Phi) is 7.15. The molecule has 3 heterocycles. The van der Waals surface area contributed by atoms with Crippen LogP contribution in [0.25, 0.3) is 18.2 Å². The molecule has 0 aliphatic rings. The molecule has 0 atom stereocenters. The van der Waals surface area contributed by atoms with E-state index in [0.717, 1.165) is 23.4 Å². The smallest absolute Gasteiger partial charge is 0.350 e. The van der Waals surface area contributed by atoms with E-state index in [4.69, 9.17) is 0 Å². The predicted molar refractivity (Wildman–Crippen MR) is 128 cm³/mol. The molecule has 178 valence electrons. The predicted octanol–water partition coefficient (Wildman–Crippen LogP) is 5.57. The third-order valence-electron chi connectivity index (χ3n) is 4.65. The van der Waals surface area contributed by atoms with Gasteiger partial charge in [0.1, 0.15) is 0 Å². The van der Waals surface area contributed by atoms with Crippen LogP contribution in [0, 0.1) is 0 Å². The number of allylic oxidation sites excluding steroid dienone is 1. The molecule has 4 rings (SSSR count). The molecule has 0 radical (unpaired) electrons. The van der Waals surface area contributed by atoms with Crippen LogP contribution < -0.4 is 10.6 Å². The summed E-state index contributed by atoms with van der Waals surface area (Å²) < 4.78 is 39.1. The maximum Gasteiger partial charge on any atom is 0.416 e. The number of benzene rings is 1. The minimum absolute atomic E-state index is 0.218. The van der Waals surface area contributed by atoms with E-state index < -0.39 is 11.7 Å². The van der Waals surface area contributed by atoms with Crippen molar-refractivity contribution in [3.05, 3.63) is 89.1 Å². The zero-order valence-corrected chi connectivity index (χ0v) is 18.6. The highest BCUT2D eigenvalue weighted by molar-refractivity contribution is 5.68. The zero-order valence-electron chi connectivity index (χ0n) is 18.6. The molecule has 0 saturated heterocycles. The zero-order chi connectivity index (χ0) is 24.7. The van der Waals surface area contributed by atoms with Crippen LogP contribution in [0.15, 0.2) is 60.9 Å². The molecule has 0 bridgehead atoms. The molecule has 4 aromatic rings.